The largest absolute Gasteiger partial charge is 0.353 e. The van der Waals surface area contributed by atoms with Gasteiger partial charge in [-0.15, -0.1) is 0 Å². The van der Waals surface area contributed by atoms with Gasteiger partial charge in [0.1, 0.15) is 0 Å². The monoisotopic (exact) mass is 253 g/mol. The molecule has 0 spiro atoms. The molecular formula is C12H19N3O3. The highest BCUT2D eigenvalue weighted by atomic mass is 16.2. The Hall–Kier alpha value is -1.59. The van der Waals surface area contributed by atoms with Crippen LogP contribution in [0.1, 0.15) is 32.1 Å². The second kappa shape index (κ2) is 5.84. The molecule has 0 atom stereocenters. The predicted octanol–water partition coefficient (Wildman–Crippen LogP) is -0.606. The van der Waals surface area contributed by atoms with E-state index in [0.717, 1.165) is 12.8 Å². The van der Waals surface area contributed by atoms with Crippen LogP contribution in [0.4, 0.5) is 0 Å². The Balaban J connectivity index is 1.61. The normalized spacial score (nSPS) is 19.3. The fraction of sp³-hybridized carbons (Fsp3) is 0.750. The van der Waals surface area contributed by atoms with Crippen molar-refractivity contribution in [3.05, 3.63) is 0 Å². The van der Waals surface area contributed by atoms with Gasteiger partial charge >= 0.3 is 0 Å². The minimum absolute atomic E-state index is 0.0293. The maximum absolute atomic E-state index is 11.8. The molecule has 1 saturated carbocycles. The highest BCUT2D eigenvalue weighted by Crippen LogP contribution is 2.18. The van der Waals surface area contributed by atoms with E-state index < -0.39 is 0 Å². The Kier molecular flexibility index (Phi) is 4.17. The molecule has 100 valence electrons. The van der Waals surface area contributed by atoms with Crippen LogP contribution in [0.15, 0.2) is 0 Å². The molecule has 0 aromatic carbocycles. The van der Waals surface area contributed by atoms with Crippen molar-refractivity contribution in [2.75, 3.05) is 19.6 Å². The zero-order valence-electron chi connectivity index (χ0n) is 10.4. The van der Waals surface area contributed by atoms with Crippen LogP contribution in [0.5, 0.6) is 0 Å². The summed E-state index contributed by atoms with van der Waals surface area (Å²) in [5.41, 5.74) is 0. The number of nitrogens with one attached hydrogen (secondary N) is 2. The maximum Gasteiger partial charge on any atom is 0.239 e. The van der Waals surface area contributed by atoms with Gasteiger partial charge in [0.25, 0.3) is 0 Å². The number of rotatable bonds is 5. The molecule has 2 N–H and O–H groups in total. The zero-order chi connectivity index (χ0) is 13.0. The molecule has 2 aliphatic rings. The quantitative estimate of drug-likeness (QED) is 0.686. The van der Waals surface area contributed by atoms with Crippen molar-refractivity contribution in [3.63, 3.8) is 0 Å². The maximum atomic E-state index is 11.8. The van der Waals surface area contributed by atoms with Gasteiger partial charge in [-0.2, -0.15) is 0 Å². The third kappa shape index (κ3) is 4.01. The van der Waals surface area contributed by atoms with Crippen LogP contribution in [0.25, 0.3) is 0 Å². The van der Waals surface area contributed by atoms with E-state index in [-0.39, 0.29) is 24.3 Å². The first-order chi connectivity index (χ1) is 8.65. The minimum atomic E-state index is -0.110. The van der Waals surface area contributed by atoms with Crippen LogP contribution in [0, 0.1) is 0 Å². The predicted molar refractivity (Wildman–Crippen MR) is 64.6 cm³/mol. The lowest BCUT2D eigenvalue weighted by Gasteiger charge is -2.26. The summed E-state index contributed by atoms with van der Waals surface area (Å²) < 4.78 is 0. The van der Waals surface area contributed by atoms with Crippen LogP contribution in [0.3, 0.4) is 0 Å². The number of hydrogen-bond donors (Lipinski definition) is 2. The molecule has 0 unspecified atom stereocenters. The van der Waals surface area contributed by atoms with Gasteiger partial charge in [-0.05, 0) is 19.3 Å². The van der Waals surface area contributed by atoms with E-state index >= 15 is 0 Å². The molecule has 0 radical (unpaired) electrons. The lowest BCUT2D eigenvalue weighted by atomic mass is 10.2. The van der Waals surface area contributed by atoms with E-state index in [4.69, 9.17) is 0 Å². The number of amides is 3. The standard InChI is InChI=1S/C12H19N3O3/c16-10(14-9-4-5-9)2-1-3-12(18)15-7-6-13-11(17)8-15/h9H,1-8H2,(H,13,17)(H,14,16). The number of carbonyl (C=O) groups is 3. The van der Waals surface area contributed by atoms with Gasteiger partial charge in [0, 0.05) is 32.0 Å². The number of piperazine rings is 1. The van der Waals surface area contributed by atoms with Gasteiger partial charge < -0.3 is 15.5 Å². The average molecular weight is 253 g/mol. The third-order valence-electron chi connectivity index (χ3n) is 3.13. The zero-order valence-corrected chi connectivity index (χ0v) is 10.4. The van der Waals surface area contributed by atoms with Crippen LogP contribution in [-0.4, -0.2) is 48.3 Å². The Morgan fingerprint density at radius 3 is 2.78 bits per heavy atom. The SMILES string of the molecule is O=C1CN(C(=O)CCCC(=O)NC2CC2)CCN1. The molecule has 0 aromatic heterocycles. The first-order valence-electron chi connectivity index (χ1n) is 6.49. The third-order valence-corrected chi connectivity index (χ3v) is 3.13. The van der Waals surface area contributed by atoms with Crippen LogP contribution < -0.4 is 10.6 Å². The summed E-state index contributed by atoms with van der Waals surface area (Å²) in [7, 11) is 0. The first-order valence-corrected chi connectivity index (χ1v) is 6.49. The molecular weight excluding hydrogens is 234 g/mol. The molecule has 2 fully saturated rings. The highest BCUT2D eigenvalue weighted by Gasteiger charge is 2.23. The van der Waals surface area contributed by atoms with Crippen molar-refractivity contribution in [3.8, 4) is 0 Å². The van der Waals surface area contributed by atoms with E-state index in [1.165, 1.54) is 0 Å². The summed E-state index contributed by atoms with van der Waals surface area (Å²) in [5.74, 6) is -0.119. The molecule has 0 aromatic rings. The van der Waals surface area contributed by atoms with Crippen molar-refractivity contribution in [1.29, 1.82) is 0 Å². The second-order valence-electron chi connectivity index (χ2n) is 4.86. The van der Waals surface area contributed by atoms with Crippen LogP contribution >= 0.6 is 0 Å². The van der Waals surface area contributed by atoms with Crippen molar-refractivity contribution in [2.45, 2.75) is 38.1 Å². The summed E-state index contributed by atoms with van der Waals surface area (Å²) in [6.45, 7) is 1.23. The number of nitrogens with zero attached hydrogens (tertiary/aromatic N) is 1. The van der Waals surface area contributed by atoms with Gasteiger partial charge in [0.2, 0.25) is 17.7 Å². The van der Waals surface area contributed by atoms with E-state index in [1.807, 2.05) is 0 Å². The molecule has 1 saturated heterocycles. The minimum Gasteiger partial charge on any atom is -0.353 e. The topological polar surface area (TPSA) is 78.5 Å². The lowest BCUT2D eigenvalue weighted by molar-refractivity contribution is -0.138. The summed E-state index contributed by atoms with van der Waals surface area (Å²) in [5, 5.41) is 5.56. The van der Waals surface area contributed by atoms with Crippen molar-refractivity contribution >= 4 is 17.7 Å². The Morgan fingerprint density at radius 2 is 2.11 bits per heavy atom. The fourth-order valence-corrected chi connectivity index (χ4v) is 1.94. The van der Waals surface area contributed by atoms with Crippen molar-refractivity contribution in [1.82, 2.24) is 15.5 Å². The second-order valence-corrected chi connectivity index (χ2v) is 4.86. The first kappa shape index (κ1) is 12.9. The molecule has 1 heterocycles. The number of hydrogen-bond acceptors (Lipinski definition) is 3. The fourth-order valence-electron chi connectivity index (χ4n) is 1.94. The van der Waals surface area contributed by atoms with E-state index in [1.54, 1.807) is 4.90 Å². The van der Waals surface area contributed by atoms with E-state index in [2.05, 4.69) is 10.6 Å². The molecule has 1 aliphatic heterocycles. The summed E-state index contributed by atoms with van der Waals surface area (Å²) in [4.78, 5) is 35.8. The van der Waals surface area contributed by atoms with E-state index in [0.29, 0.717) is 38.4 Å². The molecule has 1 aliphatic carbocycles. The lowest BCUT2D eigenvalue weighted by Crippen LogP contribution is -2.49. The molecule has 0 bridgehead atoms. The summed E-state index contributed by atoms with van der Waals surface area (Å²) in [6, 6.07) is 0.374. The molecule has 2 rings (SSSR count). The molecule has 6 heteroatoms. The summed E-state index contributed by atoms with van der Waals surface area (Å²) >= 11 is 0. The number of carbonyl (C=O) groups excluding carboxylic acids is 3. The molecule has 3 amide bonds. The Labute approximate surface area is 106 Å². The highest BCUT2D eigenvalue weighted by molar-refractivity contribution is 5.86. The molecule has 18 heavy (non-hydrogen) atoms. The Morgan fingerprint density at radius 1 is 1.33 bits per heavy atom. The van der Waals surface area contributed by atoms with Gasteiger partial charge in [0.05, 0.1) is 6.54 Å². The Bertz CT molecular complexity index is 352. The van der Waals surface area contributed by atoms with Crippen LogP contribution in [0.2, 0.25) is 0 Å². The van der Waals surface area contributed by atoms with E-state index in [9.17, 15) is 14.4 Å². The van der Waals surface area contributed by atoms with Crippen molar-refractivity contribution < 1.29 is 14.4 Å². The molecule has 6 nitrogen and oxygen atoms in total. The van der Waals surface area contributed by atoms with Crippen LogP contribution in [-0.2, 0) is 14.4 Å². The van der Waals surface area contributed by atoms with Crippen molar-refractivity contribution in [2.24, 2.45) is 0 Å². The smallest absolute Gasteiger partial charge is 0.239 e. The van der Waals surface area contributed by atoms with Gasteiger partial charge in [-0.1, -0.05) is 0 Å². The average Bonchev–Trinajstić information content (AvgIpc) is 3.12. The van der Waals surface area contributed by atoms with Gasteiger partial charge in [-0.25, -0.2) is 0 Å². The van der Waals surface area contributed by atoms with Gasteiger partial charge in [0.15, 0.2) is 0 Å². The van der Waals surface area contributed by atoms with Gasteiger partial charge in [-0.3, -0.25) is 14.4 Å². The summed E-state index contributed by atoms with van der Waals surface area (Å²) in [6.07, 6.45) is 3.43.